The van der Waals surface area contributed by atoms with E-state index >= 15 is 0 Å². The van der Waals surface area contributed by atoms with Gasteiger partial charge in [-0.2, -0.15) is 3.89 Å². The molecule has 3 rings (SSSR count). The van der Waals surface area contributed by atoms with Crippen molar-refractivity contribution in [3.05, 3.63) is 91.0 Å². The van der Waals surface area contributed by atoms with Crippen molar-refractivity contribution in [1.29, 1.82) is 0 Å². The molecule has 0 aliphatic carbocycles. The van der Waals surface area contributed by atoms with Crippen LogP contribution in [0.15, 0.2) is 91.0 Å². The van der Waals surface area contributed by atoms with Gasteiger partial charge in [-0.15, -0.1) is 0 Å². The molecule has 0 unspecified atom stereocenters. The van der Waals surface area contributed by atoms with Crippen molar-refractivity contribution in [2.45, 2.75) is 0 Å². The van der Waals surface area contributed by atoms with Crippen LogP contribution in [-0.4, -0.2) is 0 Å². The minimum atomic E-state index is 0.364. The van der Waals surface area contributed by atoms with Crippen LogP contribution in [-0.2, 0) is 0 Å². The van der Waals surface area contributed by atoms with Crippen LogP contribution in [0.2, 0.25) is 0 Å². The van der Waals surface area contributed by atoms with Gasteiger partial charge in [0.1, 0.15) is 0 Å². The maximum absolute atomic E-state index is 5.02. The molecule has 0 aliphatic heterocycles. The lowest BCUT2D eigenvalue weighted by atomic mass is 10.2. The smallest absolute Gasteiger partial charge is 0.154 e. The Hall–Kier alpha value is -2.03. The standard InChI is InChI=1S/C18H16NS/c20-19(16-10-4-1-5-11-16,17-12-6-2-7-13-17)18-14-8-3-9-15-18/h1-15,20H/q+1. The Balaban J connectivity index is 2.24. The molecule has 20 heavy (non-hydrogen) atoms. The van der Waals surface area contributed by atoms with E-state index in [0.717, 1.165) is 17.1 Å². The van der Waals surface area contributed by atoms with Crippen LogP contribution in [0.5, 0.6) is 0 Å². The molecule has 0 N–H and O–H groups in total. The summed E-state index contributed by atoms with van der Waals surface area (Å²) in [5.74, 6) is 0. The average molecular weight is 278 g/mol. The van der Waals surface area contributed by atoms with Gasteiger partial charge in [0.15, 0.2) is 17.1 Å². The molecule has 0 amide bonds. The third-order valence-electron chi connectivity index (χ3n) is 3.39. The van der Waals surface area contributed by atoms with Crippen LogP contribution >= 0.6 is 12.8 Å². The Labute approximate surface area is 125 Å². The van der Waals surface area contributed by atoms with Crippen LogP contribution in [0.1, 0.15) is 0 Å². The normalized spacial score (nSPS) is 11.2. The molecule has 3 aromatic carbocycles. The molecular weight excluding hydrogens is 262 g/mol. The Bertz CT molecular complexity index is 569. The fourth-order valence-electron chi connectivity index (χ4n) is 2.38. The number of benzene rings is 3. The van der Waals surface area contributed by atoms with Gasteiger partial charge in [0, 0.05) is 36.4 Å². The van der Waals surface area contributed by atoms with E-state index in [4.69, 9.17) is 12.8 Å². The maximum Gasteiger partial charge on any atom is 0.154 e. The first-order chi connectivity index (χ1) is 9.82. The SMILES string of the molecule is S[N+](c1ccccc1)(c1ccccc1)c1ccccc1. The monoisotopic (exact) mass is 278 g/mol. The Kier molecular flexibility index (Phi) is 3.59. The zero-order valence-electron chi connectivity index (χ0n) is 11.1. The molecule has 0 spiro atoms. The molecule has 3 aromatic rings. The second-order valence-corrected chi connectivity index (χ2v) is 5.24. The van der Waals surface area contributed by atoms with E-state index in [9.17, 15) is 0 Å². The fourth-order valence-corrected chi connectivity index (χ4v) is 2.78. The fraction of sp³-hybridized carbons (Fsp3) is 0. The Morgan fingerprint density at radius 2 is 0.700 bits per heavy atom. The summed E-state index contributed by atoms with van der Waals surface area (Å²) >= 11 is 5.02. The first-order valence-electron chi connectivity index (χ1n) is 6.60. The molecule has 0 fully saturated rings. The molecule has 0 bridgehead atoms. The number of thiol groups is 1. The first kappa shape index (κ1) is 13.0. The number of hydrogen-bond donors (Lipinski definition) is 1. The van der Waals surface area contributed by atoms with Crippen LogP contribution in [0.25, 0.3) is 0 Å². The van der Waals surface area contributed by atoms with E-state index in [0.29, 0.717) is 3.89 Å². The molecule has 0 heterocycles. The van der Waals surface area contributed by atoms with Gasteiger partial charge in [0.25, 0.3) is 0 Å². The first-order valence-corrected chi connectivity index (χ1v) is 7.00. The average Bonchev–Trinajstić information content (AvgIpc) is 2.56. The third kappa shape index (κ3) is 2.24. The number of para-hydroxylation sites is 3. The molecule has 0 saturated carbocycles. The zero-order chi connectivity index (χ0) is 13.8. The lowest BCUT2D eigenvalue weighted by molar-refractivity contribution is 0.840. The predicted molar refractivity (Wildman–Crippen MR) is 89.4 cm³/mol. The predicted octanol–water partition coefficient (Wildman–Crippen LogP) is 5.50. The van der Waals surface area contributed by atoms with Crippen molar-refractivity contribution in [3.63, 3.8) is 0 Å². The Morgan fingerprint density at radius 3 is 0.950 bits per heavy atom. The molecule has 98 valence electrons. The summed E-state index contributed by atoms with van der Waals surface area (Å²) in [5, 5.41) is 0. The summed E-state index contributed by atoms with van der Waals surface area (Å²) in [5.41, 5.74) is 3.36. The number of quaternary nitrogens is 1. The molecule has 0 aromatic heterocycles. The number of nitrogens with zero attached hydrogens (tertiary/aromatic N) is 1. The highest BCUT2D eigenvalue weighted by Gasteiger charge is 2.32. The summed E-state index contributed by atoms with van der Waals surface area (Å²) in [4.78, 5) is 0. The van der Waals surface area contributed by atoms with E-state index in [-0.39, 0.29) is 0 Å². The van der Waals surface area contributed by atoms with Gasteiger partial charge < -0.3 is 0 Å². The van der Waals surface area contributed by atoms with Crippen molar-refractivity contribution < 1.29 is 0 Å². The third-order valence-corrected chi connectivity index (χ3v) is 4.08. The van der Waals surface area contributed by atoms with Crippen molar-refractivity contribution in [2.75, 3.05) is 0 Å². The number of rotatable bonds is 3. The summed E-state index contributed by atoms with van der Waals surface area (Å²) in [6.45, 7) is 0. The molecule has 0 atom stereocenters. The second-order valence-electron chi connectivity index (χ2n) is 4.64. The van der Waals surface area contributed by atoms with E-state index in [2.05, 4.69) is 36.4 Å². The van der Waals surface area contributed by atoms with Gasteiger partial charge in [-0.25, -0.2) is 0 Å². The van der Waals surface area contributed by atoms with E-state index in [1.165, 1.54) is 0 Å². The van der Waals surface area contributed by atoms with Crippen molar-refractivity contribution >= 4 is 29.9 Å². The number of hydrogen-bond acceptors (Lipinski definition) is 1. The highest BCUT2D eigenvalue weighted by Crippen LogP contribution is 2.45. The van der Waals surface area contributed by atoms with Crippen molar-refractivity contribution in [3.8, 4) is 0 Å². The zero-order valence-corrected chi connectivity index (χ0v) is 11.9. The van der Waals surface area contributed by atoms with Crippen LogP contribution in [0.4, 0.5) is 17.1 Å². The van der Waals surface area contributed by atoms with E-state index < -0.39 is 0 Å². The lowest BCUT2D eigenvalue weighted by Crippen LogP contribution is -2.26. The van der Waals surface area contributed by atoms with E-state index in [1.807, 2.05) is 54.6 Å². The van der Waals surface area contributed by atoms with Gasteiger partial charge in [0.05, 0.1) is 12.8 Å². The summed E-state index contributed by atoms with van der Waals surface area (Å²) in [6, 6.07) is 31.0. The van der Waals surface area contributed by atoms with Gasteiger partial charge in [-0.05, 0) is 0 Å². The second kappa shape index (κ2) is 5.53. The summed E-state index contributed by atoms with van der Waals surface area (Å²) in [6.07, 6.45) is 0. The largest absolute Gasteiger partial charge is 0.168 e. The van der Waals surface area contributed by atoms with Gasteiger partial charge in [0.2, 0.25) is 0 Å². The minimum absolute atomic E-state index is 0.364. The van der Waals surface area contributed by atoms with Crippen LogP contribution in [0, 0.1) is 0 Å². The maximum atomic E-state index is 5.02. The highest BCUT2D eigenvalue weighted by atomic mass is 32.1. The van der Waals surface area contributed by atoms with Crippen molar-refractivity contribution in [2.24, 2.45) is 0 Å². The molecule has 0 saturated heterocycles. The minimum Gasteiger partial charge on any atom is -0.168 e. The molecule has 1 nitrogen and oxygen atoms in total. The highest BCUT2D eigenvalue weighted by molar-refractivity contribution is 7.80. The van der Waals surface area contributed by atoms with Gasteiger partial charge >= 0.3 is 0 Å². The molecular formula is C18H16NS+. The summed E-state index contributed by atoms with van der Waals surface area (Å²) in [7, 11) is 0. The molecule has 2 heteroatoms. The quantitative estimate of drug-likeness (QED) is 0.474. The van der Waals surface area contributed by atoms with Gasteiger partial charge in [-0.1, -0.05) is 54.6 Å². The molecule has 0 aliphatic rings. The van der Waals surface area contributed by atoms with Gasteiger partial charge in [-0.3, -0.25) is 0 Å². The Morgan fingerprint density at radius 1 is 0.450 bits per heavy atom. The van der Waals surface area contributed by atoms with Crippen LogP contribution < -0.4 is 3.89 Å². The van der Waals surface area contributed by atoms with Crippen molar-refractivity contribution in [1.82, 2.24) is 3.89 Å². The van der Waals surface area contributed by atoms with E-state index in [1.54, 1.807) is 0 Å². The lowest BCUT2D eigenvalue weighted by Gasteiger charge is -2.30. The molecule has 0 radical (unpaired) electrons. The topological polar surface area (TPSA) is 0 Å². The van der Waals surface area contributed by atoms with Crippen LogP contribution in [0.3, 0.4) is 0 Å². The summed E-state index contributed by atoms with van der Waals surface area (Å²) < 4.78 is 0.364.